The topological polar surface area (TPSA) is 73.5 Å². The minimum Gasteiger partial charge on any atom is -0.596 e. The Morgan fingerprint density at radius 1 is 1.19 bits per heavy atom. The Balaban J connectivity index is 1.60. The predicted octanol–water partition coefficient (Wildman–Crippen LogP) is 3.20. The van der Waals surface area contributed by atoms with Crippen molar-refractivity contribution in [3.63, 3.8) is 0 Å². The first-order valence-electron chi connectivity index (χ1n) is 11.5. The van der Waals surface area contributed by atoms with Crippen LogP contribution in [0.25, 0.3) is 5.57 Å². The molecule has 1 aromatic carbocycles. The number of benzene rings is 1. The standard InChI is InChI=1S/C26H35N3O2/c1-28(2)21-12-16-29(17-13-21)18-26(14-15-26)25(31)23(19-6-4-3-5-7-19)24(27)20-8-10-22(30)11-9-20/h3-10,21-22,27,30-31H,11-18H2,1-2H3/p+1/b25-23-,27-24?. The highest BCUT2D eigenvalue weighted by molar-refractivity contribution is 6.31. The van der Waals surface area contributed by atoms with Crippen molar-refractivity contribution in [2.75, 3.05) is 33.7 Å². The summed E-state index contributed by atoms with van der Waals surface area (Å²) in [5, 5.41) is 28.0. The molecule has 166 valence electrons. The zero-order valence-electron chi connectivity index (χ0n) is 18.8. The zero-order chi connectivity index (χ0) is 22.0. The molecule has 1 heterocycles. The van der Waals surface area contributed by atoms with Gasteiger partial charge < -0.3 is 20.0 Å². The fraction of sp³-hybridized carbons (Fsp3) is 0.500. The number of rotatable bonds is 7. The van der Waals surface area contributed by atoms with Gasteiger partial charge in [0.15, 0.2) is 0 Å². The van der Waals surface area contributed by atoms with Gasteiger partial charge in [-0.3, -0.25) is 5.41 Å². The van der Waals surface area contributed by atoms with Gasteiger partial charge in [-0.25, -0.2) is 0 Å². The second-order valence-corrected chi connectivity index (χ2v) is 9.56. The molecule has 4 rings (SSSR count). The average Bonchev–Trinajstić information content (AvgIpc) is 3.56. The second-order valence-electron chi connectivity index (χ2n) is 9.56. The van der Waals surface area contributed by atoms with Crippen molar-refractivity contribution in [2.24, 2.45) is 5.41 Å². The number of nitrogens with zero attached hydrogens (tertiary/aromatic N) is 2. The number of nitrogens with one attached hydrogen (secondary N) is 1. The first kappa shape index (κ1) is 22.0. The fourth-order valence-electron chi connectivity index (χ4n) is 4.88. The Hall–Kier alpha value is -2.21. The summed E-state index contributed by atoms with van der Waals surface area (Å²) < 4.78 is 0. The molecule has 5 heteroatoms. The van der Waals surface area contributed by atoms with E-state index in [1.165, 1.54) is 12.8 Å². The number of aliphatic hydroxyl groups excluding tert-OH is 1. The van der Waals surface area contributed by atoms with E-state index < -0.39 is 6.10 Å². The molecule has 0 aromatic heterocycles. The van der Waals surface area contributed by atoms with Crippen LogP contribution < -0.4 is 0 Å². The molecule has 0 bridgehead atoms. The third-order valence-corrected chi connectivity index (χ3v) is 7.13. The highest BCUT2D eigenvalue weighted by atomic mass is 16.3. The Bertz CT molecular complexity index is 888. The van der Waals surface area contributed by atoms with Gasteiger partial charge in [-0.05, 0) is 70.4 Å². The van der Waals surface area contributed by atoms with Gasteiger partial charge in [0.05, 0.1) is 22.8 Å². The maximum Gasteiger partial charge on any atom is 0.246 e. The van der Waals surface area contributed by atoms with Crippen LogP contribution in [-0.2, 0) is 0 Å². The summed E-state index contributed by atoms with van der Waals surface area (Å²) in [5.74, 6) is 0.610. The molecule has 1 unspecified atom stereocenters. The lowest BCUT2D eigenvalue weighted by molar-refractivity contribution is 0.122. The van der Waals surface area contributed by atoms with Crippen LogP contribution in [0.5, 0.6) is 0 Å². The minimum atomic E-state index is -0.476. The Kier molecular flexibility index (Phi) is 6.47. The molecule has 1 saturated heterocycles. The van der Waals surface area contributed by atoms with Crippen molar-refractivity contribution in [1.82, 2.24) is 9.80 Å². The van der Waals surface area contributed by atoms with Gasteiger partial charge >= 0.3 is 0 Å². The van der Waals surface area contributed by atoms with E-state index in [2.05, 4.69) is 23.9 Å². The minimum absolute atomic E-state index is 0.138. The van der Waals surface area contributed by atoms with E-state index in [1.807, 2.05) is 42.5 Å². The van der Waals surface area contributed by atoms with Crippen molar-refractivity contribution >= 4 is 11.3 Å². The van der Waals surface area contributed by atoms with Gasteiger partial charge in [-0.1, -0.05) is 48.6 Å². The summed E-state index contributed by atoms with van der Waals surface area (Å²) in [6, 6.07) is 10.6. The van der Waals surface area contributed by atoms with E-state index >= 15 is 0 Å². The smallest absolute Gasteiger partial charge is 0.246 e. The molecule has 0 amide bonds. The van der Waals surface area contributed by atoms with Crippen molar-refractivity contribution < 1.29 is 10.2 Å². The van der Waals surface area contributed by atoms with Gasteiger partial charge in [0.2, 0.25) is 5.76 Å². The number of hydrogen-bond acceptors (Lipinski definition) is 4. The number of hydrogen-bond donors (Lipinski definition) is 2. The molecule has 2 fully saturated rings. The summed E-state index contributed by atoms with van der Waals surface area (Å²) in [6.45, 7) is 3.09. The summed E-state index contributed by atoms with van der Waals surface area (Å²) in [4.78, 5) is 4.86. The van der Waals surface area contributed by atoms with Crippen LogP contribution in [0.3, 0.4) is 0 Å². The molecule has 31 heavy (non-hydrogen) atoms. The van der Waals surface area contributed by atoms with Gasteiger partial charge in [0.1, 0.15) is 0 Å². The van der Waals surface area contributed by atoms with E-state index in [0.29, 0.717) is 23.9 Å². The molecular formula is C26H36N3O2+. The maximum absolute atomic E-state index is 9.79. The first-order chi connectivity index (χ1) is 14.9. The Morgan fingerprint density at radius 2 is 1.87 bits per heavy atom. The molecular weight excluding hydrogens is 386 g/mol. The van der Waals surface area contributed by atoms with Crippen LogP contribution in [0.2, 0.25) is 0 Å². The van der Waals surface area contributed by atoms with Crippen molar-refractivity contribution in [2.45, 2.75) is 44.2 Å². The van der Waals surface area contributed by atoms with Gasteiger partial charge in [-0.15, -0.1) is 0 Å². The summed E-state index contributed by atoms with van der Waals surface area (Å²) >= 11 is 0. The number of aliphatic hydroxyl groups is 1. The van der Waals surface area contributed by atoms with Crippen LogP contribution >= 0.6 is 0 Å². The fourth-order valence-corrected chi connectivity index (χ4v) is 4.88. The normalized spacial score (nSPS) is 24.6. The number of allylic oxidation sites excluding steroid dienone is 3. The Morgan fingerprint density at radius 3 is 2.42 bits per heavy atom. The van der Waals surface area contributed by atoms with Gasteiger partial charge in [-0.2, -0.15) is 0 Å². The predicted molar refractivity (Wildman–Crippen MR) is 127 cm³/mol. The largest absolute Gasteiger partial charge is 0.596 e. The quantitative estimate of drug-likeness (QED) is 0.403. The van der Waals surface area contributed by atoms with E-state index in [-0.39, 0.29) is 5.41 Å². The molecule has 0 spiro atoms. The molecule has 5 nitrogen and oxygen atoms in total. The highest BCUT2D eigenvalue weighted by Crippen LogP contribution is 2.54. The molecule has 1 saturated carbocycles. The van der Waals surface area contributed by atoms with E-state index in [4.69, 9.17) is 5.41 Å². The van der Waals surface area contributed by atoms with Crippen LogP contribution in [-0.4, -0.2) is 71.6 Å². The second kappa shape index (κ2) is 9.11. The lowest BCUT2D eigenvalue weighted by atomic mass is 9.87. The average molecular weight is 423 g/mol. The van der Waals surface area contributed by atoms with Gasteiger partial charge in [0, 0.05) is 12.6 Å². The van der Waals surface area contributed by atoms with Crippen LogP contribution in [0.4, 0.5) is 0 Å². The zero-order valence-corrected chi connectivity index (χ0v) is 18.8. The van der Waals surface area contributed by atoms with E-state index in [0.717, 1.165) is 49.2 Å². The van der Waals surface area contributed by atoms with Crippen LogP contribution in [0.1, 0.15) is 37.7 Å². The third kappa shape index (κ3) is 4.84. The molecule has 0 radical (unpaired) electrons. The highest BCUT2D eigenvalue weighted by Gasteiger charge is 2.53. The molecule has 1 atom stereocenters. The summed E-state index contributed by atoms with van der Waals surface area (Å²) in [6.07, 6.45) is 9.97. The molecule has 4 N–H and O–H groups in total. The number of likely N-dealkylation sites (tertiary alicyclic amines) is 1. The maximum atomic E-state index is 9.79. The molecule has 1 aliphatic heterocycles. The van der Waals surface area contributed by atoms with Crippen molar-refractivity contribution in [3.8, 4) is 0 Å². The van der Waals surface area contributed by atoms with Crippen LogP contribution in [0.15, 0.2) is 59.9 Å². The van der Waals surface area contributed by atoms with Crippen molar-refractivity contribution in [3.05, 3.63) is 65.5 Å². The SMILES string of the molecule is CN(C)C1CCN(CC2(/C([OH2+])=C(/C(=N)C3=CCC(O)C=C3)c3ccccc3)CC2)CC1. The number of piperidine rings is 1. The van der Waals surface area contributed by atoms with Crippen molar-refractivity contribution in [1.29, 1.82) is 5.41 Å². The molecule has 1 aromatic rings. The molecule has 2 aliphatic carbocycles. The first-order valence-corrected chi connectivity index (χ1v) is 11.5. The molecule has 3 aliphatic rings. The monoisotopic (exact) mass is 422 g/mol. The van der Waals surface area contributed by atoms with Gasteiger partial charge in [0.25, 0.3) is 0 Å². The van der Waals surface area contributed by atoms with E-state index in [9.17, 15) is 10.2 Å². The Labute approximate surface area is 185 Å². The van der Waals surface area contributed by atoms with Crippen LogP contribution in [0, 0.1) is 10.8 Å². The summed E-state index contributed by atoms with van der Waals surface area (Å²) in [5.41, 5.74) is 2.75. The third-order valence-electron chi connectivity index (χ3n) is 7.13. The summed E-state index contributed by atoms with van der Waals surface area (Å²) in [7, 11) is 4.33. The van der Waals surface area contributed by atoms with E-state index in [1.54, 1.807) is 6.08 Å². The lowest BCUT2D eigenvalue weighted by Gasteiger charge is -2.36. The lowest BCUT2D eigenvalue weighted by Crippen LogP contribution is -2.44.